The second-order valence-electron chi connectivity index (χ2n) is 3.07. The van der Waals surface area contributed by atoms with Gasteiger partial charge in [0.2, 0.25) is 0 Å². The molecule has 0 amide bonds. The van der Waals surface area contributed by atoms with Crippen LogP contribution in [0.25, 0.3) is 0 Å². The van der Waals surface area contributed by atoms with Crippen molar-refractivity contribution in [3.05, 3.63) is 35.9 Å². The van der Waals surface area contributed by atoms with Crippen LogP contribution in [0.15, 0.2) is 33.8 Å². The summed E-state index contributed by atoms with van der Waals surface area (Å²) in [6, 6.07) is 5.08. The molecule has 0 aliphatic rings. The number of halogens is 1. The Bertz CT molecular complexity index is 459. The van der Waals surface area contributed by atoms with E-state index in [1.165, 1.54) is 35.7 Å². The van der Waals surface area contributed by atoms with Gasteiger partial charge in [-0.2, -0.15) is 4.37 Å². The first kappa shape index (κ1) is 11.5. The van der Waals surface area contributed by atoms with E-state index in [9.17, 15) is 4.39 Å². The molecule has 2 aromatic rings. The monoisotopic (exact) mass is 255 g/mol. The molecule has 0 atom stereocenters. The van der Waals surface area contributed by atoms with E-state index in [2.05, 4.69) is 14.7 Å². The largest absolute Gasteiger partial charge is 0.316 e. The highest BCUT2D eigenvalue weighted by molar-refractivity contribution is 8.01. The minimum atomic E-state index is -0.215. The van der Waals surface area contributed by atoms with Crippen LogP contribution in [0.2, 0.25) is 0 Å². The molecule has 0 fully saturated rings. The predicted octanol–water partition coefficient (Wildman–Crippen LogP) is 2.55. The molecule has 6 heteroatoms. The van der Waals surface area contributed by atoms with E-state index in [4.69, 9.17) is 0 Å². The van der Waals surface area contributed by atoms with Gasteiger partial charge in [-0.1, -0.05) is 23.9 Å². The number of hydrogen-bond donors (Lipinski definition) is 1. The summed E-state index contributed by atoms with van der Waals surface area (Å²) in [4.78, 5) is 4.66. The van der Waals surface area contributed by atoms with Gasteiger partial charge in [-0.15, -0.1) is 0 Å². The number of hydrogen-bond acceptors (Lipinski definition) is 5. The van der Waals surface area contributed by atoms with Gasteiger partial charge in [0.25, 0.3) is 0 Å². The zero-order chi connectivity index (χ0) is 11.4. The summed E-state index contributed by atoms with van der Waals surface area (Å²) in [7, 11) is 1.84. The third-order valence-corrected chi connectivity index (χ3v) is 3.82. The molecule has 0 unspecified atom stereocenters. The maximum absolute atomic E-state index is 13.7. The van der Waals surface area contributed by atoms with Gasteiger partial charge in [0.15, 0.2) is 4.34 Å². The third kappa shape index (κ3) is 2.58. The Hall–Kier alpha value is -0.980. The van der Waals surface area contributed by atoms with Gasteiger partial charge < -0.3 is 5.32 Å². The predicted molar refractivity (Wildman–Crippen MR) is 63.2 cm³/mol. The van der Waals surface area contributed by atoms with E-state index in [1.54, 1.807) is 6.07 Å². The molecule has 2 rings (SSSR count). The number of nitrogens with zero attached hydrogens (tertiary/aromatic N) is 2. The minimum absolute atomic E-state index is 0.215. The quantitative estimate of drug-likeness (QED) is 0.911. The molecule has 0 saturated carbocycles. The van der Waals surface area contributed by atoms with Crippen LogP contribution in [-0.2, 0) is 6.54 Å². The van der Waals surface area contributed by atoms with E-state index in [-0.39, 0.29) is 5.82 Å². The normalized spacial score (nSPS) is 10.6. The SMILES string of the molecule is CNCc1cccc(F)c1Sc1ncns1. The Kier molecular flexibility index (Phi) is 3.87. The molecule has 0 saturated heterocycles. The molecule has 1 aromatic heterocycles. The Labute approximate surface area is 101 Å². The van der Waals surface area contributed by atoms with Crippen molar-refractivity contribution in [1.82, 2.24) is 14.7 Å². The smallest absolute Gasteiger partial charge is 0.174 e. The van der Waals surface area contributed by atoms with Crippen LogP contribution in [0.3, 0.4) is 0 Å². The van der Waals surface area contributed by atoms with Crippen LogP contribution in [0.1, 0.15) is 5.56 Å². The summed E-state index contributed by atoms with van der Waals surface area (Å²) in [5.74, 6) is -0.215. The molecule has 16 heavy (non-hydrogen) atoms. The highest BCUT2D eigenvalue weighted by atomic mass is 32.2. The van der Waals surface area contributed by atoms with Gasteiger partial charge in [0.1, 0.15) is 12.1 Å². The van der Waals surface area contributed by atoms with E-state index in [1.807, 2.05) is 13.1 Å². The molecule has 1 aromatic carbocycles. The second kappa shape index (κ2) is 5.38. The Morgan fingerprint density at radius 3 is 3.06 bits per heavy atom. The molecular formula is C10H10FN3S2. The van der Waals surface area contributed by atoms with Crippen molar-refractivity contribution in [2.75, 3.05) is 7.05 Å². The van der Waals surface area contributed by atoms with E-state index in [0.717, 1.165) is 9.90 Å². The molecule has 0 bridgehead atoms. The number of aromatic nitrogens is 2. The molecule has 84 valence electrons. The first-order valence-corrected chi connectivity index (χ1v) is 6.26. The molecule has 0 radical (unpaired) electrons. The van der Waals surface area contributed by atoms with Gasteiger partial charge in [0.05, 0.1) is 4.90 Å². The first-order chi connectivity index (χ1) is 7.81. The van der Waals surface area contributed by atoms with Crippen LogP contribution in [0.5, 0.6) is 0 Å². The summed E-state index contributed by atoms with van der Waals surface area (Å²) < 4.78 is 18.3. The lowest BCUT2D eigenvalue weighted by Crippen LogP contribution is -2.06. The molecule has 3 nitrogen and oxygen atoms in total. The van der Waals surface area contributed by atoms with Gasteiger partial charge in [-0.3, -0.25) is 0 Å². The molecule has 1 heterocycles. The van der Waals surface area contributed by atoms with Crippen LogP contribution in [-0.4, -0.2) is 16.4 Å². The van der Waals surface area contributed by atoms with Gasteiger partial charge in [-0.05, 0) is 30.2 Å². The van der Waals surface area contributed by atoms with Crippen molar-refractivity contribution in [2.24, 2.45) is 0 Å². The van der Waals surface area contributed by atoms with E-state index >= 15 is 0 Å². The fraction of sp³-hybridized carbons (Fsp3) is 0.200. The molecule has 0 aliphatic heterocycles. The second-order valence-corrected chi connectivity index (χ2v) is 5.11. The van der Waals surface area contributed by atoms with Gasteiger partial charge in [-0.25, -0.2) is 9.37 Å². The summed E-state index contributed by atoms with van der Waals surface area (Å²) in [6.07, 6.45) is 1.48. The van der Waals surface area contributed by atoms with Crippen molar-refractivity contribution in [1.29, 1.82) is 0 Å². The lowest BCUT2D eigenvalue weighted by Gasteiger charge is -2.07. The molecule has 0 spiro atoms. The van der Waals surface area contributed by atoms with Gasteiger partial charge >= 0.3 is 0 Å². The Morgan fingerprint density at radius 1 is 1.50 bits per heavy atom. The van der Waals surface area contributed by atoms with E-state index in [0.29, 0.717) is 11.4 Å². The van der Waals surface area contributed by atoms with Crippen molar-refractivity contribution in [2.45, 2.75) is 15.8 Å². The Balaban J connectivity index is 2.30. The third-order valence-electron chi connectivity index (χ3n) is 1.95. The number of nitrogens with one attached hydrogen (secondary N) is 1. The highest BCUT2D eigenvalue weighted by Crippen LogP contribution is 2.32. The van der Waals surface area contributed by atoms with Gasteiger partial charge in [0, 0.05) is 6.54 Å². The zero-order valence-corrected chi connectivity index (χ0v) is 10.2. The van der Waals surface area contributed by atoms with Crippen molar-refractivity contribution >= 4 is 23.3 Å². The standard InChI is InChI=1S/C10H10FN3S2/c1-12-5-7-3-2-4-8(11)9(7)15-10-13-6-14-16-10/h2-4,6,12H,5H2,1H3. The molecule has 0 aliphatic carbocycles. The Morgan fingerprint density at radius 2 is 2.38 bits per heavy atom. The highest BCUT2D eigenvalue weighted by Gasteiger charge is 2.11. The fourth-order valence-corrected chi connectivity index (χ4v) is 2.81. The van der Waals surface area contributed by atoms with E-state index < -0.39 is 0 Å². The summed E-state index contributed by atoms with van der Waals surface area (Å²) in [5.41, 5.74) is 0.933. The lowest BCUT2D eigenvalue weighted by molar-refractivity contribution is 0.594. The average Bonchev–Trinajstić information content (AvgIpc) is 2.76. The average molecular weight is 255 g/mol. The van der Waals surface area contributed by atoms with Crippen LogP contribution >= 0.6 is 23.3 Å². The number of benzene rings is 1. The maximum Gasteiger partial charge on any atom is 0.174 e. The summed E-state index contributed by atoms with van der Waals surface area (Å²) >= 11 is 2.59. The van der Waals surface area contributed by atoms with Crippen LogP contribution in [0.4, 0.5) is 4.39 Å². The van der Waals surface area contributed by atoms with Crippen LogP contribution < -0.4 is 5.32 Å². The molecule has 1 N–H and O–H groups in total. The zero-order valence-electron chi connectivity index (χ0n) is 8.61. The lowest BCUT2D eigenvalue weighted by atomic mass is 10.2. The van der Waals surface area contributed by atoms with Crippen molar-refractivity contribution in [3.8, 4) is 0 Å². The summed E-state index contributed by atoms with van der Waals surface area (Å²) in [5, 5.41) is 3.02. The first-order valence-electron chi connectivity index (χ1n) is 4.68. The maximum atomic E-state index is 13.7. The number of rotatable bonds is 4. The minimum Gasteiger partial charge on any atom is -0.316 e. The van der Waals surface area contributed by atoms with Crippen LogP contribution in [0, 0.1) is 5.82 Å². The topological polar surface area (TPSA) is 37.8 Å². The van der Waals surface area contributed by atoms with Crippen molar-refractivity contribution in [3.63, 3.8) is 0 Å². The summed E-state index contributed by atoms with van der Waals surface area (Å²) in [6.45, 7) is 0.638. The molecular weight excluding hydrogens is 245 g/mol. The fourth-order valence-electron chi connectivity index (χ4n) is 1.29. The van der Waals surface area contributed by atoms with Crippen molar-refractivity contribution < 1.29 is 4.39 Å².